The van der Waals surface area contributed by atoms with Gasteiger partial charge in [0.25, 0.3) is 0 Å². The van der Waals surface area contributed by atoms with Crippen LogP contribution < -0.4 is 11.5 Å². The van der Waals surface area contributed by atoms with Crippen molar-refractivity contribution in [3.05, 3.63) is 0 Å². The highest BCUT2D eigenvalue weighted by Gasteiger charge is 2.14. The van der Waals surface area contributed by atoms with Crippen molar-refractivity contribution in [2.75, 3.05) is 30.1 Å². The first-order chi connectivity index (χ1) is 10.4. The van der Waals surface area contributed by atoms with Gasteiger partial charge in [0.15, 0.2) is 0 Å². The lowest BCUT2D eigenvalue weighted by molar-refractivity contribution is -0.138. The van der Waals surface area contributed by atoms with E-state index in [1.807, 2.05) is 13.8 Å². The second-order valence-electron chi connectivity index (χ2n) is 3.76. The molecule has 0 radical (unpaired) electrons. The molecular weight excluding hydrogens is 330 g/mol. The molecular formula is C12H25N3O5S2. The Morgan fingerprint density at radius 1 is 1.05 bits per heavy atom. The van der Waals surface area contributed by atoms with Crippen LogP contribution in [0.3, 0.4) is 0 Å². The fourth-order valence-electron chi connectivity index (χ4n) is 0.973. The highest BCUT2D eigenvalue weighted by atomic mass is 32.2. The number of oxime groups is 1. The van der Waals surface area contributed by atoms with Gasteiger partial charge in [-0.25, -0.2) is 0 Å². The van der Waals surface area contributed by atoms with E-state index in [0.29, 0.717) is 17.2 Å². The fourth-order valence-corrected chi connectivity index (χ4v) is 2.91. The molecule has 0 aliphatic rings. The van der Waals surface area contributed by atoms with Gasteiger partial charge in [0.1, 0.15) is 19.2 Å². The summed E-state index contributed by atoms with van der Waals surface area (Å²) in [6.07, 6.45) is 0. The highest BCUT2D eigenvalue weighted by Crippen LogP contribution is 2.09. The molecule has 2 unspecified atom stereocenters. The van der Waals surface area contributed by atoms with Crippen LogP contribution in [0.1, 0.15) is 13.8 Å². The lowest BCUT2D eigenvalue weighted by Crippen LogP contribution is -2.33. The lowest BCUT2D eigenvalue weighted by atomic mass is 10.4. The Hall–Kier alpha value is -0.970. The Bertz CT molecular complexity index is 328. The molecule has 0 rings (SSSR count). The molecule has 0 aliphatic carbocycles. The van der Waals surface area contributed by atoms with E-state index in [1.54, 1.807) is 0 Å². The summed E-state index contributed by atoms with van der Waals surface area (Å²) < 4.78 is 0. The zero-order chi connectivity index (χ0) is 17.5. The van der Waals surface area contributed by atoms with Gasteiger partial charge in [-0.3, -0.25) is 9.59 Å². The fraction of sp³-hybridized carbons (Fsp3) is 0.750. The topological polar surface area (TPSA) is 148 Å². The van der Waals surface area contributed by atoms with Crippen molar-refractivity contribution in [1.82, 2.24) is 0 Å². The molecule has 0 aromatic rings. The van der Waals surface area contributed by atoms with Crippen LogP contribution in [0.15, 0.2) is 5.16 Å². The van der Waals surface area contributed by atoms with E-state index in [4.69, 9.17) is 21.7 Å². The highest BCUT2D eigenvalue weighted by molar-refractivity contribution is 8.01. The summed E-state index contributed by atoms with van der Waals surface area (Å²) in [7, 11) is 1.40. The third-order valence-corrected chi connectivity index (χ3v) is 4.25. The maximum atomic E-state index is 10.5. The van der Waals surface area contributed by atoms with Crippen molar-refractivity contribution in [3.8, 4) is 0 Å². The van der Waals surface area contributed by atoms with Crippen LogP contribution in [-0.2, 0) is 14.4 Å². The zero-order valence-corrected chi connectivity index (χ0v) is 14.7. The maximum absolute atomic E-state index is 10.5. The van der Waals surface area contributed by atoms with E-state index < -0.39 is 24.0 Å². The summed E-state index contributed by atoms with van der Waals surface area (Å²) in [5.41, 5.74) is 11.4. The number of nitrogens with zero attached hydrogens (tertiary/aromatic N) is 1. The molecule has 0 amide bonds. The average molecular weight is 355 g/mol. The molecule has 8 nitrogen and oxygen atoms in total. The van der Waals surface area contributed by atoms with Gasteiger partial charge in [0, 0.05) is 23.0 Å². The summed E-state index contributed by atoms with van der Waals surface area (Å²) >= 11 is 2.65. The molecule has 0 aromatic carbocycles. The predicted octanol–water partition coefficient (Wildman–Crippen LogP) is 0.305. The van der Waals surface area contributed by atoms with Crippen molar-refractivity contribution in [3.63, 3.8) is 0 Å². The Kier molecular flexibility index (Phi) is 15.8. The van der Waals surface area contributed by atoms with Crippen molar-refractivity contribution in [1.29, 1.82) is 0 Å². The quantitative estimate of drug-likeness (QED) is 0.303. The molecule has 0 fully saturated rings. The van der Waals surface area contributed by atoms with E-state index in [9.17, 15) is 9.59 Å². The van der Waals surface area contributed by atoms with Crippen LogP contribution in [0, 0.1) is 0 Å². The van der Waals surface area contributed by atoms with Crippen LogP contribution >= 0.6 is 23.5 Å². The smallest absolute Gasteiger partial charge is 0.321 e. The van der Waals surface area contributed by atoms with Crippen LogP contribution in [0.25, 0.3) is 0 Å². The van der Waals surface area contributed by atoms with Crippen molar-refractivity contribution in [2.24, 2.45) is 16.6 Å². The number of thioether (sulfide) groups is 2. The van der Waals surface area contributed by atoms with Crippen LogP contribution in [0.2, 0.25) is 0 Å². The van der Waals surface area contributed by atoms with E-state index in [2.05, 4.69) is 9.99 Å². The molecule has 6 N–H and O–H groups in total. The van der Waals surface area contributed by atoms with Gasteiger partial charge in [-0.1, -0.05) is 19.0 Å². The van der Waals surface area contributed by atoms with Crippen molar-refractivity contribution >= 4 is 41.2 Å². The summed E-state index contributed by atoms with van der Waals surface area (Å²) in [6, 6.07) is -1.84. The number of nitrogens with two attached hydrogens (primary N) is 2. The molecule has 0 bridgehead atoms. The van der Waals surface area contributed by atoms with Crippen LogP contribution in [0.4, 0.5) is 0 Å². The number of carboxylic acids is 2. The van der Waals surface area contributed by atoms with Gasteiger partial charge in [0.2, 0.25) is 0 Å². The second-order valence-corrected chi connectivity index (χ2v) is 5.82. The number of aliphatic carboxylic acids is 2. The van der Waals surface area contributed by atoms with E-state index in [0.717, 1.165) is 0 Å². The molecule has 10 heteroatoms. The summed E-state index contributed by atoms with van der Waals surface area (Å²) in [4.78, 5) is 25.8. The molecule has 0 aliphatic heterocycles. The lowest BCUT2D eigenvalue weighted by Gasteiger charge is -2.09. The predicted molar refractivity (Wildman–Crippen MR) is 91.7 cm³/mol. The number of carbonyl (C=O) groups is 2. The number of rotatable bonds is 11. The van der Waals surface area contributed by atoms with Crippen LogP contribution in [0.5, 0.6) is 0 Å². The Balaban J connectivity index is 0. The first-order valence-electron chi connectivity index (χ1n) is 6.59. The third kappa shape index (κ3) is 12.7. The standard InChI is InChI=1S/C10H19N3O5S2.C2H6/c1-18-13-6(2-19-4-7(11)9(14)15)3-20-5-8(12)10(16)17;1-2/h7-8H,2-5,11-12H2,1H3,(H,14,15)(H,16,17);1-2H3. The monoisotopic (exact) mass is 355 g/mol. The zero-order valence-electron chi connectivity index (χ0n) is 13.0. The van der Waals surface area contributed by atoms with Gasteiger partial charge in [0.05, 0.1) is 5.71 Å². The summed E-state index contributed by atoms with van der Waals surface area (Å²) in [5, 5.41) is 21.1. The minimum Gasteiger partial charge on any atom is -0.480 e. The number of hydrogen-bond donors (Lipinski definition) is 4. The molecule has 130 valence electrons. The minimum atomic E-state index is -1.05. The number of carboxylic acid groups (broad SMARTS) is 2. The van der Waals surface area contributed by atoms with E-state index in [1.165, 1.54) is 30.6 Å². The van der Waals surface area contributed by atoms with Gasteiger partial charge in [-0.2, -0.15) is 23.5 Å². The van der Waals surface area contributed by atoms with Gasteiger partial charge in [-0.05, 0) is 0 Å². The molecule has 2 atom stereocenters. The summed E-state index contributed by atoms with van der Waals surface area (Å²) in [5.74, 6) is -0.655. The Labute approximate surface area is 139 Å². The molecule has 22 heavy (non-hydrogen) atoms. The molecule has 0 aromatic heterocycles. The van der Waals surface area contributed by atoms with Gasteiger partial charge < -0.3 is 26.5 Å². The molecule has 0 heterocycles. The normalized spacial score (nSPS) is 12.4. The number of hydrogen-bond acceptors (Lipinski definition) is 8. The first kappa shape index (κ1) is 23.3. The largest absolute Gasteiger partial charge is 0.480 e. The third-order valence-electron chi connectivity index (χ3n) is 1.99. The Morgan fingerprint density at radius 2 is 1.41 bits per heavy atom. The first-order valence-corrected chi connectivity index (χ1v) is 8.90. The average Bonchev–Trinajstić information content (AvgIpc) is 2.48. The SMILES string of the molecule is CC.CON=C(CSCC(N)C(=O)O)CSCC(N)C(=O)O. The van der Waals surface area contributed by atoms with Crippen LogP contribution in [-0.4, -0.2) is 70.1 Å². The molecule has 0 saturated carbocycles. The van der Waals surface area contributed by atoms with Gasteiger partial charge in [-0.15, -0.1) is 0 Å². The minimum absolute atomic E-state index is 0.261. The molecule has 0 spiro atoms. The maximum Gasteiger partial charge on any atom is 0.321 e. The van der Waals surface area contributed by atoms with Crippen molar-refractivity contribution < 1.29 is 24.6 Å². The summed E-state index contributed by atoms with van der Waals surface area (Å²) in [6.45, 7) is 4.00. The van der Waals surface area contributed by atoms with E-state index in [-0.39, 0.29) is 11.5 Å². The van der Waals surface area contributed by atoms with E-state index >= 15 is 0 Å². The molecule has 0 saturated heterocycles. The second kappa shape index (κ2) is 14.9. The van der Waals surface area contributed by atoms with Gasteiger partial charge >= 0.3 is 11.9 Å². The van der Waals surface area contributed by atoms with Crippen molar-refractivity contribution in [2.45, 2.75) is 25.9 Å². The Morgan fingerprint density at radius 3 is 1.68 bits per heavy atom.